The predicted molar refractivity (Wildman–Crippen MR) is 142 cm³/mol. The summed E-state index contributed by atoms with van der Waals surface area (Å²) >= 11 is 12.3. The van der Waals surface area contributed by atoms with Gasteiger partial charge in [-0.1, -0.05) is 62.2 Å². The number of carbonyl (C=O) groups excluding carboxylic acids is 2. The molecule has 192 valence electrons. The maximum atomic E-state index is 13.5. The second-order valence-electron chi connectivity index (χ2n) is 9.39. The number of nitrogens with one attached hydrogen (secondary N) is 1. The molecule has 2 aromatic rings. The van der Waals surface area contributed by atoms with Crippen molar-refractivity contribution in [2.75, 3.05) is 23.7 Å². The molecular formula is C25H33Cl2N3O4S. The van der Waals surface area contributed by atoms with Gasteiger partial charge in [-0.3, -0.25) is 13.9 Å². The molecule has 35 heavy (non-hydrogen) atoms. The summed E-state index contributed by atoms with van der Waals surface area (Å²) < 4.78 is 26.4. The second-order valence-corrected chi connectivity index (χ2v) is 12.1. The molecule has 0 radical (unpaired) electrons. The van der Waals surface area contributed by atoms with Crippen LogP contribution in [0.2, 0.25) is 10.0 Å². The van der Waals surface area contributed by atoms with Gasteiger partial charge in [0.2, 0.25) is 21.8 Å². The highest BCUT2D eigenvalue weighted by atomic mass is 35.5. The number of hydrogen-bond acceptors (Lipinski definition) is 4. The van der Waals surface area contributed by atoms with Crippen molar-refractivity contribution in [1.82, 2.24) is 10.2 Å². The molecule has 0 aliphatic carbocycles. The molecule has 0 aliphatic rings. The molecule has 0 spiro atoms. The normalized spacial score (nSPS) is 12.7. The van der Waals surface area contributed by atoms with Gasteiger partial charge in [0.05, 0.1) is 11.9 Å². The van der Waals surface area contributed by atoms with Gasteiger partial charge in [0, 0.05) is 23.1 Å². The average molecular weight is 543 g/mol. The Bertz CT molecular complexity index is 1160. The lowest BCUT2D eigenvalue weighted by atomic mass is 9.87. The molecule has 0 saturated carbocycles. The quantitative estimate of drug-likeness (QED) is 0.502. The third-order valence-corrected chi connectivity index (χ3v) is 7.30. The van der Waals surface area contributed by atoms with Crippen molar-refractivity contribution in [2.45, 2.75) is 52.6 Å². The molecule has 0 aliphatic heterocycles. The Hall–Kier alpha value is -2.29. The fourth-order valence-corrected chi connectivity index (χ4v) is 4.80. The summed E-state index contributed by atoms with van der Waals surface area (Å²) in [7, 11) is -3.80. The molecule has 2 aromatic carbocycles. The summed E-state index contributed by atoms with van der Waals surface area (Å²) in [5, 5.41) is 3.49. The summed E-state index contributed by atoms with van der Waals surface area (Å²) in [6.45, 7) is 9.47. The first kappa shape index (κ1) is 28.9. The summed E-state index contributed by atoms with van der Waals surface area (Å²) in [6, 6.07) is 11.1. The summed E-state index contributed by atoms with van der Waals surface area (Å²) in [5.41, 5.74) is 1.87. The summed E-state index contributed by atoms with van der Waals surface area (Å²) in [5.74, 6) is -0.897. The Morgan fingerprint density at radius 3 is 2.14 bits per heavy atom. The minimum Gasteiger partial charge on any atom is -0.355 e. The van der Waals surface area contributed by atoms with Crippen LogP contribution in [0.5, 0.6) is 0 Å². The average Bonchev–Trinajstić information content (AvgIpc) is 2.75. The first-order valence-electron chi connectivity index (χ1n) is 11.2. The molecule has 0 unspecified atom stereocenters. The Morgan fingerprint density at radius 2 is 1.66 bits per heavy atom. The Kier molecular flexibility index (Phi) is 9.62. The molecule has 7 nitrogen and oxygen atoms in total. The molecule has 10 heteroatoms. The standard InChI is InChI=1S/C25H33Cl2N3O4S/c1-7-28-24(32)17(2)29(15-18-8-11-20(26)14-22(18)27)23(31)16-30(35(6,33)34)21-12-9-19(10-13-21)25(3,4)5/h8-14,17H,7,15-16H2,1-6H3,(H,28,32)/t17-/m0/s1. The Labute approximate surface area is 218 Å². The van der Waals surface area contributed by atoms with Crippen molar-refractivity contribution >= 4 is 50.7 Å². The number of nitrogens with zero attached hydrogens (tertiary/aromatic N) is 2. The van der Waals surface area contributed by atoms with Crippen molar-refractivity contribution in [1.29, 1.82) is 0 Å². The fraction of sp³-hybridized carbons (Fsp3) is 0.440. The summed E-state index contributed by atoms with van der Waals surface area (Å²) in [6.07, 6.45) is 1.05. The van der Waals surface area contributed by atoms with Crippen molar-refractivity contribution < 1.29 is 18.0 Å². The molecule has 0 fully saturated rings. The highest BCUT2D eigenvalue weighted by Gasteiger charge is 2.30. The number of amides is 2. The minimum absolute atomic E-state index is 0.00764. The minimum atomic E-state index is -3.80. The van der Waals surface area contributed by atoms with Crippen molar-refractivity contribution in [3.05, 3.63) is 63.6 Å². The number of halogens is 2. The highest BCUT2D eigenvalue weighted by molar-refractivity contribution is 7.92. The van der Waals surface area contributed by atoms with Crippen LogP contribution in [0.3, 0.4) is 0 Å². The number of benzene rings is 2. The molecule has 1 atom stereocenters. The van der Waals surface area contributed by atoms with E-state index in [1.165, 1.54) is 4.90 Å². The van der Waals surface area contributed by atoms with E-state index in [9.17, 15) is 18.0 Å². The van der Waals surface area contributed by atoms with Gasteiger partial charge in [-0.25, -0.2) is 8.42 Å². The first-order valence-corrected chi connectivity index (χ1v) is 13.8. The SMILES string of the molecule is CCNC(=O)[C@H](C)N(Cc1ccc(Cl)cc1Cl)C(=O)CN(c1ccc(C(C)(C)C)cc1)S(C)(=O)=O. The van der Waals surface area contributed by atoms with Crippen LogP contribution in [0.15, 0.2) is 42.5 Å². The van der Waals surface area contributed by atoms with Crippen LogP contribution >= 0.6 is 23.2 Å². The molecule has 2 rings (SSSR count). The highest BCUT2D eigenvalue weighted by Crippen LogP contribution is 2.27. The number of carbonyl (C=O) groups is 2. The van der Waals surface area contributed by atoms with Crippen LogP contribution in [0, 0.1) is 0 Å². The fourth-order valence-electron chi connectivity index (χ4n) is 3.48. The zero-order valence-corrected chi connectivity index (χ0v) is 23.3. The third kappa shape index (κ3) is 7.85. The topological polar surface area (TPSA) is 86.8 Å². The molecule has 0 bridgehead atoms. The maximum absolute atomic E-state index is 13.5. The summed E-state index contributed by atoms with van der Waals surface area (Å²) in [4.78, 5) is 27.4. The largest absolute Gasteiger partial charge is 0.355 e. The lowest BCUT2D eigenvalue weighted by Gasteiger charge is -2.31. The number of anilines is 1. The van der Waals surface area contributed by atoms with Gasteiger partial charge < -0.3 is 10.2 Å². The van der Waals surface area contributed by atoms with E-state index in [-0.39, 0.29) is 17.9 Å². The van der Waals surface area contributed by atoms with E-state index in [0.717, 1.165) is 16.1 Å². The van der Waals surface area contributed by atoms with Gasteiger partial charge in [-0.05, 0) is 54.7 Å². The van der Waals surface area contributed by atoms with E-state index < -0.39 is 28.5 Å². The van der Waals surface area contributed by atoms with Gasteiger partial charge in [0.1, 0.15) is 12.6 Å². The van der Waals surface area contributed by atoms with Crippen molar-refractivity contribution in [3.8, 4) is 0 Å². The zero-order valence-electron chi connectivity index (χ0n) is 20.9. The van der Waals surface area contributed by atoms with Crippen LogP contribution in [-0.2, 0) is 31.6 Å². The molecule has 1 N–H and O–H groups in total. The van der Waals surface area contributed by atoms with Crippen molar-refractivity contribution in [3.63, 3.8) is 0 Å². The van der Waals surface area contributed by atoms with Gasteiger partial charge in [0.15, 0.2) is 0 Å². The second kappa shape index (κ2) is 11.6. The lowest BCUT2D eigenvalue weighted by molar-refractivity contribution is -0.139. The molecule has 2 amide bonds. The molecule has 0 heterocycles. The van der Waals surface area contributed by atoms with Crippen LogP contribution in [-0.4, -0.2) is 50.5 Å². The van der Waals surface area contributed by atoms with Gasteiger partial charge >= 0.3 is 0 Å². The first-order chi connectivity index (χ1) is 16.1. The lowest BCUT2D eigenvalue weighted by Crippen LogP contribution is -2.51. The smallest absolute Gasteiger partial charge is 0.244 e. The van der Waals surface area contributed by atoms with E-state index in [4.69, 9.17) is 23.2 Å². The van der Waals surface area contributed by atoms with Crippen LogP contribution in [0.1, 0.15) is 45.7 Å². The van der Waals surface area contributed by atoms with Crippen LogP contribution in [0.25, 0.3) is 0 Å². The number of rotatable bonds is 9. The van der Waals surface area contributed by atoms with Gasteiger partial charge in [-0.2, -0.15) is 0 Å². The zero-order chi connectivity index (χ0) is 26.6. The third-order valence-electron chi connectivity index (χ3n) is 5.57. The molecule has 0 aromatic heterocycles. The monoisotopic (exact) mass is 541 g/mol. The van der Waals surface area contributed by atoms with E-state index >= 15 is 0 Å². The molecule has 0 saturated heterocycles. The van der Waals surface area contributed by atoms with E-state index in [2.05, 4.69) is 26.1 Å². The van der Waals surface area contributed by atoms with Crippen LogP contribution < -0.4 is 9.62 Å². The van der Waals surface area contributed by atoms with E-state index in [1.54, 1.807) is 44.2 Å². The maximum Gasteiger partial charge on any atom is 0.244 e. The number of sulfonamides is 1. The van der Waals surface area contributed by atoms with E-state index in [1.807, 2.05) is 12.1 Å². The Morgan fingerprint density at radius 1 is 1.06 bits per heavy atom. The van der Waals surface area contributed by atoms with Gasteiger partial charge in [0.25, 0.3) is 0 Å². The molecular weight excluding hydrogens is 509 g/mol. The Balaban J connectivity index is 2.42. The van der Waals surface area contributed by atoms with Crippen LogP contribution in [0.4, 0.5) is 5.69 Å². The van der Waals surface area contributed by atoms with E-state index in [0.29, 0.717) is 27.8 Å². The number of hydrogen-bond donors (Lipinski definition) is 1. The van der Waals surface area contributed by atoms with Crippen molar-refractivity contribution in [2.24, 2.45) is 0 Å². The predicted octanol–water partition coefficient (Wildman–Crippen LogP) is 4.61. The number of likely N-dealkylation sites (N-methyl/N-ethyl adjacent to an activating group) is 1. The van der Waals surface area contributed by atoms with Gasteiger partial charge in [-0.15, -0.1) is 0 Å².